The third-order valence-corrected chi connectivity index (χ3v) is 5.47. The molecule has 0 spiro atoms. The molecule has 0 aromatic heterocycles. The van der Waals surface area contributed by atoms with Crippen LogP contribution in [0.4, 0.5) is 4.79 Å². The summed E-state index contributed by atoms with van der Waals surface area (Å²) in [4.78, 5) is 34.2. The van der Waals surface area contributed by atoms with Gasteiger partial charge in [0.25, 0.3) is 0 Å². The molecular formula is C24H28N2O6. The van der Waals surface area contributed by atoms with E-state index in [0.29, 0.717) is 19.4 Å². The van der Waals surface area contributed by atoms with Gasteiger partial charge in [-0.15, -0.1) is 0 Å². The number of carbonyl (C=O) groups excluding carboxylic acids is 2. The average Bonchev–Trinajstić information content (AvgIpc) is 3.12. The van der Waals surface area contributed by atoms with E-state index in [-0.39, 0.29) is 31.4 Å². The number of unbranched alkanes of at least 4 members (excludes halogenated alkanes) is 2. The van der Waals surface area contributed by atoms with Crippen molar-refractivity contribution in [3.05, 3.63) is 59.7 Å². The van der Waals surface area contributed by atoms with E-state index in [4.69, 9.17) is 14.9 Å². The van der Waals surface area contributed by atoms with Crippen molar-refractivity contribution in [1.82, 2.24) is 10.6 Å². The molecule has 0 bridgehead atoms. The predicted molar refractivity (Wildman–Crippen MR) is 118 cm³/mol. The number of amides is 2. The van der Waals surface area contributed by atoms with Gasteiger partial charge in [0.05, 0.1) is 6.54 Å². The van der Waals surface area contributed by atoms with E-state index in [1.54, 1.807) is 0 Å². The lowest BCUT2D eigenvalue weighted by Crippen LogP contribution is -2.36. The predicted octanol–water partition coefficient (Wildman–Crippen LogP) is 2.65. The average molecular weight is 440 g/mol. The van der Waals surface area contributed by atoms with Gasteiger partial charge in [-0.25, -0.2) is 9.59 Å². The molecule has 4 N–H and O–H groups in total. The van der Waals surface area contributed by atoms with E-state index in [2.05, 4.69) is 34.9 Å². The normalized spacial score (nSPS) is 13.0. The van der Waals surface area contributed by atoms with Crippen molar-refractivity contribution in [2.45, 2.75) is 37.7 Å². The molecule has 1 atom stereocenters. The van der Waals surface area contributed by atoms with Crippen LogP contribution in [-0.4, -0.2) is 54.0 Å². The Kier molecular flexibility index (Phi) is 8.21. The third kappa shape index (κ3) is 6.07. The summed E-state index contributed by atoms with van der Waals surface area (Å²) < 4.78 is 5.47. The number of fused-ring (bicyclic) bond motifs is 3. The number of rotatable bonds is 11. The molecule has 1 aliphatic carbocycles. The van der Waals surface area contributed by atoms with Gasteiger partial charge in [0.2, 0.25) is 5.91 Å². The van der Waals surface area contributed by atoms with E-state index in [1.165, 1.54) is 11.1 Å². The van der Waals surface area contributed by atoms with Gasteiger partial charge in [0, 0.05) is 18.9 Å². The molecule has 8 nitrogen and oxygen atoms in total. The number of aliphatic hydroxyl groups excluding tert-OH is 1. The summed E-state index contributed by atoms with van der Waals surface area (Å²) in [6.07, 6.45) is 0.180. The van der Waals surface area contributed by atoms with E-state index in [0.717, 1.165) is 17.5 Å². The summed E-state index contributed by atoms with van der Waals surface area (Å²) in [7, 11) is 0. The third-order valence-electron chi connectivity index (χ3n) is 5.47. The number of hydrogen-bond donors (Lipinski definition) is 4. The van der Waals surface area contributed by atoms with Crippen molar-refractivity contribution in [1.29, 1.82) is 0 Å². The quantitative estimate of drug-likeness (QED) is 0.398. The second-order valence-electron chi connectivity index (χ2n) is 7.72. The number of aliphatic hydroxyl groups is 1. The molecule has 2 aromatic rings. The Morgan fingerprint density at radius 1 is 0.906 bits per heavy atom. The van der Waals surface area contributed by atoms with Crippen LogP contribution >= 0.6 is 0 Å². The number of carbonyl (C=O) groups is 3. The molecule has 170 valence electrons. The fourth-order valence-corrected chi connectivity index (χ4v) is 3.81. The highest BCUT2D eigenvalue weighted by molar-refractivity contribution is 5.79. The largest absolute Gasteiger partial charge is 0.479 e. The first kappa shape index (κ1) is 23.3. The Morgan fingerprint density at radius 3 is 2.16 bits per heavy atom. The first-order valence-corrected chi connectivity index (χ1v) is 10.7. The van der Waals surface area contributed by atoms with E-state index in [9.17, 15) is 14.4 Å². The Bertz CT molecular complexity index is 916. The summed E-state index contributed by atoms with van der Waals surface area (Å²) >= 11 is 0. The number of carboxylic acid groups (broad SMARTS) is 1. The van der Waals surface area contributed by atoms with E-state index < -0.39 is 18.2 Å². The number of nitrogens with one attached hydrogen (secondary N) is 2. The maximum atomic E-state index is 12.1. The minimum atomic E-state index is -1.60. The van der Waals surface area contributed by atoms with E-state index >= 15 is 0 Å². The fourth-order valence-electron chi connectivity index (χ4n) is 3.81. The van der Waals surface area contributed by atoms with Crippen LogP contribution in [-0.2, 0) is 14.3 Å². The maximum Gasteiger partial charge on any atom is 0.407 e. The number of alkyl carbamates (subject to hydrolysis) is 1. The van der Waals surface area contributed by atoms with Crippen LogP contribution in [0.1, 0.15) is 42.7 Å². The second-order valence-corrected chi connectivity index (χ2v) is 7.72. The van der Waals surface area contributed by atoms with Gasteiger partial charge in [-0.3, -0.25) is 4.79 Å². The molecule has 1 aliphatic rings. The van der Waals surface area contributed by atoms with Crippen LogP contribution in [0, 0.1) is 0 Å². The second kappa shape index (κ2) is 11.3. The zero-order valence-electron chi connectivity index (χ0n) is 17.8. The van der Waals surface area contributed by atoms with Crippen LogP contribution in [0.25, 0.3) is 11.1 Å². The van der Waals surface area contributed by atoms with Gasteiger partial charge in [-0.05, 0) is 35.1 Å². The SMILES string of the molecule is O=C(CCCCCNC(=O)OCC1c2ccccc2-c2ccccc21)NCC(O)C(=O)O. The van der Waals surface area contributed by atoms with Crippen LogP contribution in [0.5, 0.6) is 0 Å². The number of hydrogen-bond acceptors (Lipinski definition) is 5. The molecule has 0 saturated carbocycles. The van der Waals surface area contributed by atoms with Crippen LogP contribution in [0.3, 0.4) is 0 Å². The molecule has 1 unspecified atom stereocenters. The van der Waals surface area contributed by atoms with Crippen LogP contribution in [0.15, 0.2) is 48.5 Å². The summed E-state index contributed by atoms with van der Waals surface area (Å²) in [5.41, 5.74) is 4.68. The van der Waals surface area contributed by atoms with Gasteiger partial charge < -0.3 is 25.6 Å². The molecule has 32 heavy (non-hydrogen) atoms. The van der Waals surface area contributed by atoms with Crippen molar-refractivity contribution in [3.63, 3.8) is 0 Å². The fraction of sp³-hybridized carbons (Fsp3) is 0.375. The highest BCUT2D eigenvalue weighted by Gasteiger charge is 2.28. The monoisotopic (exact) mass is 440 g/mol. The first-order valence-electron chi connectivity index (χ1n) is 10.7. The van der Waals surface area contributed by atoms with Gasteiger partial charge in [0.15, 0.2) is 6.10 Å². The van der Waals surface area contributed by atoms with Gasteiger partial charge in [-0.1, -0.05) is 55.0 Å². The molecule has 0 saturated heterocycles. The minimum absolute atomic E-state index is 0.0197. The summed E-state index contributed by atoms with van der Waals surface area (Å²) in [5.74, 6) is -1.66. The van der Waals surface area contributed by atoms with Crippen molar-refractivity contribution < 1.29 is 29.3 Å². The first-order chi connectivity index (χ1) is 15.5. The standard InChI is InChI=1S/C24H28N2O6/c27-21(23(29)30)14-26-22(28)12-2-1-7-13-25-24(31)32-15-20-18-10-5-3-8-16(18)17-9-4-6-11-19(17)20/h3-6,8-11,20-21,27H,1-2,7,12-15H2,(H,25,31)(H,26,28)(H,29,30). The maximum absolute atomic E-state index is 12.1. The molecule has 0 heterocycles. The highest BCUT2D eigenvalue weighted by Crippen LogP contribution is 2.44. The summed E-state index contributed by atoms with van der Waals surface area (Å²) in [6.45, 7) is 0.399. The number of benzene rings is 2. The number of carboxylic acids is 1. The van der Waals surface area contributed by atoms with Crippen molar-refractivity contribution in [3.8, 4) is 11.1 Å². The lowest BCUT2D eigenvalue weighted by molar-refractivity contribution is -0.146. The zero-order chi connectivity index (χ0) is 22.9. The van der Waals surface area contributed by atoms with Crippen molar-refractivity contribution in [2.24, 2.45) is 0 Å². The van der Waals surface area contributed by atoms with Crippen molar-refractivity contribution in [2.75, 3.05) is 19.7 Å². The highest BCUT2D eigenvalue weighted by atomic mass is 16.5. The van der Waals surface area contributed by atoms with Crippen molar-refractivity contribution >= 4 is 18.0 Å². The Morgan fingerprint density at radius 2 is 1.53 bits per heavy atom. The van der Waals surface area contributed by atoms with E-state index in [1.807, 2.05) is 24.3 Å². The lowest BCUT2D eigenvalue weighted by atomic mass is 9.98. The zero-order valence-corrected chi connectivity index (χ0v) is 17.8. The molecule has 0 aliphatic heterocycles. The minimum Gasteiger partial charge on any atom is -0.479 e. The summed E-state index contributed by atoms with van der Waals surface area (Å²) in [5, 5.41) is 22.8. The Balaban J connectivity index is 1.32. The number of aliphatic carboxylic acids is 1. The molecular weight excluding hydrogens is 412 g/mol. The van der Waals surface area contributed by atoms with Crippen LogP contribution in [0.2, 0.25) is 0 Å². The van der Waals surface area contributed by atoms with Gasteiger partial charge in [0.1, 0.15) is 6.61 Å². The van der Waals surface area contributed by atoms with Gasteiger partial charge >= 0.3 is 12.1 Å². The Hall–Kier alpha value is -3.39. The molecule has 3 rings (SSSR count). The lowest BCUT2D eigenvalue weighted by Gasteiger charge is -2.14. The molecule has 8 heteroatoms. The molecule has 2 amide bonds. The molecule has 2 aromatic carbocycles. The number of ether oxygens (including phenoxy) is 1. The smallest absolute Gasteiger partial charge is 0.407 e. The molecule has 0 fully saturated rings. The van der Waals surface area contributed by atoms with Crippen LogP contribution < -0.4 is 10.6 Å². The topological polar surface area (TPSA) is 125 Å². The Labute approximate surface area is 186 Å². The molecule has 0 radical (unpaired) electrons. The summed E-state index contributed by atoms with van der Waals surface area (Å²) in [6, 6.07) is 16.3. The van der Waals surface area contributed by atoms with Gasteiger partial charge in [-0.2, -0.15) is 0 Å².